The highest BCUT2D eigenvalue weighted by Crippen LogP contribution is 2.58. The van der Waals surface area contributed by atoms with Gasteiger partial charge in [0.2, 0.25) is 5.91 Å². The van der Waals surface area contributed by atoms with E-state index in [1.807, 2.05) is 127 Å². The van der Waals surface area contributed by atoms with Gasteiger partial charge in [0.25, 0.3) is 17.7 Å². The van der Waals surface area contributed by atoms with Crippen molar-refractivity contribution in [2.45, 2.75) is 150 Å². The first-order valence-corrected chi connectivity index (χ1v) is 47.4. The Morgan fingerprint density at radius 2 is 0.677 bits per heavy atom. The second-order valence-electron chi connectivity index (χ2n) is 38.5. The SMILES string of the molecule is COC(=O)c1c(Cc2ccc(C(=O)NC3[C@@H]4CC5C[C@H]3CC(N)(C5)C4)cc2)c(=O)c2ccc(Cl)cc2n1-c1ccccc1.COC(=O)c1c(Cc2ccc(C(=O)NC3[C@@H]4CC5C[C@H]3CC(NC(=O)CCl)(C5)C4)cc2)c(=O)c2ccc(Cl)cc2n1-c1ccccc1.COC(=O)c1c(Cc2ccc(C(=O)NC3[C@@H]4CC5C[C@H]3CC(O)(C5)C4)cc2)c(=O)c2ccc(Cl)cc2n1-c1ccccc1. The van der Waals surface area contributed by atoms with Crippen molar-refractivity contribution in [2.75, 3.05) is 27.2 Å². The fourth-order valence-electron chi connectivity index (χ4n) is 25.1. The van der Waals surface area contributed by atoms with Gasteiger partial charge in [-0.05, 0) is 294 Å². The molecule has 12 aromatic rings. The molecule has 0 aliphatic heterocycles. The third-order valence-corrected chi connectivity index (χ3v) is 30.9. The summed E-state index contributed by atoms with van der Waals surface area (Å²) in [6.45, 7) is 0. The van der Waals surface area contributed by atoms with Crippen LogP contribution in [-0.2, 0) is 38.3 Å². The van der Waals surface area contributed by atoms with Gasteiger partial charge in [-0.25, -0.2) is 14.4 Å². The van der Waals surface area contributed by atoms with Gasteiger partial charge in [-0.3, -0.25) is 33.6 Å². The zero-order chi connectivity index (χ0) is 92.6. The van der Waals surface area contributed by atoms with Crippen molar-refractivity contribution < 1.29 is 52.9 Å². The molecule has 24 rings (SSSR count). The van der Waals surface area contributed by atoms with Gasteiger partial charge in [0.1, 0.15) is 23.0 Å². The number of nitrogens with zero attached hydrogens (tertiary/aromatic N) is 3. The molecule has 3 aromatic heterocycles. The van der Waals surface area contributed by atoms with Crippen LogP contribution in [0.4, 0.5) is 0 Å². The van der Waals surface area contributed by atoms with Crippen LogP contribution in [0.2, 0.25) is 15.1 Å². The van der Waals surface area contributed by atoms with Crippen LogP contribution in [0, 0.1) is 53.3 Å². The summed E-state index contributed by atoms with van der Waals surface area (Å²) < 4.78 is 20.8. The molecular formula is C107H102Cl4N8O14. The Labute approximate surface area is 788 Å². The number of nitrogens with one attached hydrogen (secondary N) is 4. The standard InChI is InChI=1S/C37H35Cl2N3O5.C35H34ClN3O4.C35H33ClN2O5/c1-47-36(46)33-29(34(44)28-12-11-26(39)16-30(28)42(33)27-5-3-2-4-6-27)15-21-7-9-23(10-8-21)35(45)40-32-24-13-22-14-25(32)19-37(17-22,18-24)41-31(43)20-38;1-43-34(42)31-28(32(40)27-12-11-25(36)16-29(27)39(31)26-5-3-2-4-6-26)15-20-7-9-22(10-8-20)33(41)38-30-23-13-21-14-24(30)19-35(37,17-21)18-23;1-43-34(41)31-28(32(39)27-12-11-25(36)16-29(27)38(31)26-5-3-2-4-6-26)15-20-7-9-22(10-8-20)33(40)37-30-23-13-21-14-24(30)19-35(42,17-21)18-23/h2-12,16,22,24-25,32H,13-15,17-20H2,1H3,(H,40,45)(H,41,43);2-12,16,21,23-24,30H,13-15,17-19,37H2,1H3,(H,38,41);2-12,16,21,23-24,30,42H,13-15,17-19H2,1H3,(H,37,40)/t22?,24-,25+,32?,37?;2*21?,23-,24+,30?,35?. The van der Waals surface area contributed by atoms with E-state index in [9.17, 15) is 53.1 Å². The molecule has 0 radical (unpaired) electrons. The molecular weight excluding hydrogens is 1760 g/mol. The minimum absolute atomic E-state index is 0.0409. The summed E-state index contributed by atoms with van der Waals surface area (Å²) in [5, 5.41) is 26.7. The summed E-state index contributed by atoms with van der Waals surface area (Å²) in [5.74, 6) is 1.59. The molecule has 682 valence electrons. The summed E-state index contributed by atoms with van der Waals surface area (Å²) in [5.41, 5.74) is 14.0. The Morgan fingerprint density at radius 3 is 0.970 bits per heavy atom. The van der Waals surface area contributed by atoms with Crippen molar-refractivity contribution >= 4 is 121 Å². The number of amides is 4. The zero-order valence-corrected chi connectivity index (χ0v) is 76.9. The first-order valence-electron chi connectivity index (χ1n) is 45.7. The maximum absolute atomic E-state index is 13.9. The number of hydrogen-bond acceptors (Lipinski definition) is 15. The number of rotatable bonds is 20. The van der Waals surface area contributed by atoms with E-state index in [0.29, 0.717) is 146 Å². The molecule has 7 N–H and O–H groups in total. The first kappa shape index (κ1) is 90.2. The second-order valence-corrected chi connectivity index (χ2v) is 40.1. The largest absolute Gasteiger partial charge is 0.464 e. The Morgan fingerprint density at radius 1 is 0.383 bits per heavy atom. The molecule has 3 heterocycles. The number of carbonyl (C=O) groups is 7. The van der Waals surface area contributed by atoms with E-state index in [4.69, 9.17) is 66.3 Å². The number of carbonyl (C=O) groups excluding carboxylic acids is 7. The molecule has 12 aliphatic carbocycles. The molecule has 9 aromatic carbocycles. The van der Waals surface area contributed by atoms with Crippen molar-refractivity contribution in [3.8, 4) is 17.1 Å². The van der Waals surface area contributed by atoms with Gasteiger partial charge in [0, 0.05) is 130 Å². The molecule has 12 bridgehead atoms. The van der Waals surface area contributed by atoms with Crippen LogP contribution in [0.1, 0.15) is 192 Å². The minimum Gasteiger partial charge on any atom is -0.464 e. The van der Waals surface area contributed by atoms with Crippen LogP contribution in [-0.4, -0.2) is 122 Å². The van der Waals surface area contributed by atoms with Gasteiger partial charge in [-0.15, -0.1) is 11.6 Å². The van der Waals surface area contributed by atoms with Gasteiger partial charge in [0.05, 0.1) is 43.5 Å². The van der Waals surface area contributed by atoms with Crippen molar-refractivity contribution in [2.24, 2.45) is 59.0 Å². The lowest BCUT2D eigenvalue weighted by Gasteiger charge is -2.60. The number of nitrogens with two attached hydrogens (primary N) is 1. The number of methoxy groups -OCH3 is 3. The number of pyridine rings is 3. The summed E-state index contributed by atoms with van der Waals surface area (Å²) in [6.07, 6.45) is 15.3. The van der Waals surface area contributed by atoms with E-state index in [1.165, 1.54) is 21.3 Å². The third-order valence-electron chi connectivity index (χ3n) is 29.9. The zero-order valence-electron chi connectivity index (χ0n) is 73.8. The van der Waals surface area contributed by atoms with E-state index in [0.717, 1.165) is 113 Å². The molecule has 26 heteroatoms. The summed E-state index contributed by atoms with van der Waals surface area (Å²) in [6, 6.07) is 65.0. The molecule has 9 unspecified atom stereocenters. The third kappa shape index (κ3) is 17.7. The number of hydrogen-bond donors (Lipinski definition) is 6. The van der Waals surface area contributed by atoms with Gasteiger partial charge < -0.3 is 60.0 Å². The summed E-state index contributed by atoms with van der Waals surface area (Å²) >= 11 is 24.8. The average Bonchev–Trinajstić information content (AvgIpc) is 0.763. The predicted molar refractivity (Wildman–Crippen MR) is 513 cm³/mol. The van der Waals surface area contributed by atoms with E-state index in [2.05, 4.69) is 21.3 Å². The second kappa shape index (κ2) is 36.8. The van der Waals surface area contributed by atoms with Crippen LogP contribution in [0.3, 0.4) is 0 Å². The average molecular weight is 1870 g/mol. The molecule has 15 atom stereocenters. The minimum atomic E-state index is -0.640. The maximum atomic E-state index is 13.9. The van der Waals surface area contributed by atoms with Crippen LogP contribution >= 0.6 is 46.4 Å². The number of ether oxygens (including phenoxy) is 3. The number of aromatic nitrogens is 3. The molecule has 12 aliphatic rings. The predicted octanol–water partition coefficient (Wildman–Crippen LogP) is 17.4. The molecule has 22 nitrogen and oxygen atoms in total. The molecule has 12 saturated carbocycles. The van der Waals surface area contributed by atoms with Crippen LogP contribution in [0.15, 0.2) is 233 Å². The molecule has 0 saturated heterocycles. The monoisotopic (exact) mass is 1860 g/mol. The fraction of sp³-hybridized carbons (Fsp3) is 0.346. The Bertz CT molecular complexity index is 6520. The van der Waals surface area contributed by atoms with E-state index >= 15 is 0 Å². The highest BCUT2D eigenvalue weighted by atomic mass is 35.5. The number of benzene rings is 9. The normalized spacial score (nSPS) is 25.1. The highest BCUT2D eigenvalue weighted by molar-refractivity contribution is 6.32. The van der Waals surface area contributed by atoms with Gasteiger partial charge in [0.15, 0.2) is 16.3 Å². The number of alkyl halides is 1. The highest BCUT2D eigenvalue weighted by Gasteiger charge is 2.58. The lowest BCUT2D eigenvalue weighted by molar-refractivity contribution is -0.137. The number of aliphatic hydroxyl groups is 1. The van der Waals surface area contributed by atoms with Gasteiger partial charge >= 0.3 is 17.9 Å². The molecule has 4 amide bonds. The number of fused-ring (bicyclic) bond motifs is 3. The number of para-hydroxylation sites is 3. The van der Waals surface area contributed by atoms with Crippen LogP contribution in [0.5, 0.6) is 0 Å². The summed E-state index contributed by atoms with van der Waals surface area (Å²) in [7, 11) is 3.89. The maximum Gasteiger partial charge on any atom is 0.355 e. The number of halogens is 4. The lowest BCUT2D eigenvalue weighted by Crippen LogP contribution is -2.66. The summed E-state index contributed by atoms with van der Waals surface area (Å²) in [4.78, 5) is 134. The smallest absolute Gasteiger partial charge is 0.355 e. The molecule has 12 fully saturated rings. The quantitative estimate of drug-likeness (QED) is 0.0235. The van der Waals surface area contributed by atoms with E-state index in [-0.39, 0.29) is 117 Å². The van der Waals surface area contributed by atoms with Crippen molar-refractivity contribution in [3.63, 3.8) is 0 Å². The van der Waals surface area contributed by atoms with Crippen molar-refractivity contribution in [1.82, 2.24) is 35.0 Å². The number of esters is 3. The van der Waals surface area contributed by atoms with Crippen LogP contribution < -0.4 is 43.3 Å². The first-order chi connectivity index (χ1) is 64.1. The Balaban J connectivity index is 0.000000129. The lowest BCUT2D eigenvalue weighted by atomic mass is 9.51. The van der Waals surface area contributed by atoms with Crippen LogP contribution in [0.25, 0.3) is 49.8 Å². The molecule has 133 heavy (non-hydrogen) atoms. The van der Waals surface area contributed by atoms with E-state index < -0.39 is 23.5 Å². The van der Waals surface area contributed by atoms with E-state index in [1.54, 1.807) is 105 Å². The Kier molecular flexibility index (Phi) is 24.9. The molecule has 0 spiro atoms. The van der Waals surface area contributed by atoms with Gasteiger partial charge in [-0.1, -0.05) is 126 Å². The topological polar surface area (TPSA) is 308 Å². The Hall–Kier alpha value is -12.0. The van der Waals surface area contributed by atoms with Crippen molar-refractivity contribution in [1.29, 1.82) is 0 Å². The fourth-order valence-corrected chi connectivity index (χ4v) is 25.7. The van der Waals surface area contributed by atoms with Crippen molar-refractivity contribution in [3.05, 3.63) is 331 Å². The van der Waals surface area contributed by atoms with Gasteiger partial charge in [-0.2, -0.15) is 0 Å².